The fraction of sp³-hybridized carbons (Fsp3) is 0.115. The Bertz CT molecular complexity index is 1230. The number of hydrogen-bond acceptors (Lipinski definition) is 5. The molecule has 166 valence electrons. The van der Waals surface area contributed by atoms with Crippen molar-refractivity contribution in [3.63, 3.8) is 0 Å². The Balaban J connectivity index is 1.49. The molecule has 0 unspecified atom stereocenters. The summed E-state index contributed by atoms with van der Waals surface area (Å²) in [7, 11) is 0. The van der Waals surface area contributed by atoms with Gasteiger partial charge in [0.1, 0.15) is 0 Å². The van der Waals surface area contributed by atoms with Gasteiger partial charge in [-0.25, -0.2) is 0 Å². The van der Waals surface area contributed by atoms with Crippen LogP contribution in [-0.2, 0) is 4.79 Å². The predicted octanol–water partition coefficient (Wildman–Crippen LogP) is 5.33. The molecule has 1 N–H and O–H groups in total. The molecule has 3 aromatic rings. The number of Topliss-reactive ketones (excluding diaryl/α,β-unsaturated/α-hetero) is 2. The highest BCUT2D eigenvalue weighted by Crippen LogP contribution is 2.32. The van der Waals surface area contributed by atoms with Crippen LogP contribution < -0.4 is 14.8 Å². The van der Waals surface area contributed by atoms with Crippen molar-refractivity contribution in [1.82, 2.24) is 0 Å². The number of rotatable bonds is 7. The van der Waals surface area contributed by atoms with Gasteiger partial charge in [-0.05, 0) is 55.0 Å². The maximum atomic E-state index is 12.6. The van der Waals surface area contributed by atoms with E-state index >= 15 is 0 Å². The van der Waals surface area contributed by atoms with Crippen LogP contribution in [0, 0.1) is 0 Å². The van der Waals surface area contributed by atoms with Crippen LogP contribution >= 0.6 is 15.9 Å². The first-order chi connectivity index (χ1) is 16.0. The van der Waals surface area contributed by atoms with Crippen molar-refractivity contribution < 1.29 is 23.9 Å². The number of allylic oxidation sites excluding steroid dienone is 1. The van der Waals surface area contributed by atoms with E-state index in [1.165, 1.54) is 0 Å². The number of amides is 1. The number of carbonyl (C=O) groups excluding carboxylic acids is 3. The van der Waals surface area contributed by atoms with Crippen LogP contribution in [0.5, 0.6) is 11.5 Å². The summed E-state index contributed by atoms with van der Waals surface area (Å²) in [6, 6.07) is 19.0. The zero-order chi connectivity index (χ0) is 23.4. The van der Waals surface area contributed by atoms with E-state index in [0.717, 1.165) is 4.47 Å². The van der Waals surface area contributed by atoms with E-state index in [-0.39, 0.29) is 29.7 Å². The van der Waals surface area contributed by atoms with Gasteiger partial charge in [-0.1, -0.05) is 46.3 Å². The average molecular weight is 506 g/mol. The molecule has 0 fully saturated rings. The summed E-state index contributed by atoms with van der Waals surface area (Å²) in [5.74, 6) is -0.0982. The standard InChI is InChI=1S/C26H20BrNO5/c1-2-32-23-14-16(13-21-25(30)19-5-3-4-6-20(19)26(21)31)7-12-22(23)33-15-24(29)28-18-10-8-17(27)9-11-18/h3-14H,2,15H2,1H3,(H,28,29). The first-order valence-corrected chi connectivity index (χ1v) is 11.1. The minimum atomic E-state index is -0.314. The van der Waals surface area contributed by atoms with Crippen LogP contribution in [0.3, 0.4) is 0 Å². The topological polar surface area (TPSA) is 81.7 Å². The second-order valence-electron chi connectivity index (χ2n) is 7.24. The predicted molar refractivity (Wildman–Crippen MR) is 129 cm³/mol. The van der Waals surface area contributed by atoms with Gasteiger partial charge in [0.15, 0.2) is 29.7 Å². The van der Waals surface area contributed by atoms with Crippen molar-refractivity contribution in [3.05, 3.63) is 93.5 Å². The molecular formula is C26H20BrNO5. The lowest BCUT2D eigenvalue weighted by Gasteiger charge is -2.13. The zero-order valence-electron chi connectivity index (χ0n) is 17.8. The number of benzene rings is 3. The van der Waals surface area contributed by atoms with Crippen molar-refractivity contribution >= 4 is 45.2 Å². The molecule has 0 heterocycles. The van der Waals surface area contributed by atoms with Gasteiger partial charge in [-0.3, -0.25) is 14.4 Å². The Morgan fingerprint density at radius 3 is 2.21 bits per heavy atom. The fourth-order valence-electron chi connectivity index (χ4n) is 3.45. The number of ether oxygens (including phenoxy) is 2. The molecule has 0 bridgehead atoms. The van der Waals surface area contributed by atoms with Gasteiger partial charge in [0.2, 0.25) is 0 Å². The number of fused-ring (bicyclic) bond motifs is 1. The molecule has 6 nitrogen and oxygen atoms in total. The Morgan fingerprint density at radius 1 is 0.909 bits per heavy atom. The second-order valence-corrected chi connectivity index (χ2v) is 8.16. The molecule has 3 aromatic carbocycles. The van der Waals surface area contributed by atoms with Gasteiger partial charge in [-0.2, -0.15) is 0 Å². The zero-order valence-corrected chi connectivity index (χ0v) is 19.3. The lowest BCUT2D eigenvalue weighted by atomic mass is 10.1. The minimum absolute atomic E-state index is 0.112. The van der Waals surface area contributed by atoms with Crippen LogP contribution in [0.15, 0.2) is 76.8 Å². The number of nitrogens with one attached hydrogen (secondary N) is 1. The quantitative estimate of drug-likeness (QED) is 0.346. The van der Waals surface area contributed by atoms with Gasteiger partial charge >= 0.3 is 0 Å². The summed E-state index contributed by atoms with van der Waals surface area (Å²) in [5.41, 5.74) is 2.22. The van der Waals surface area contributed by atoms with Gasteiger partial charge < -0.3 is 14.8 Å². The maximum absolute atomic E-state index is 12.6. The van der Waals surface area contributed by atoms with Crippen molar-refractivity contribution in [3.8, 4) is 11.5 Å². The van der Waals surface area contributed by atoms with Crippen LogP contribution in [0.2, 0.25) is 0 Å². The highest BCUT2D eigenvalue weighted by atomic mass is 79.9. The van der Waals surface area contributed by atoms with Crippen molar-refractivity contribution in [1.29, 1.82) is 0 Å². The molecule has 0 spiro atoms. The number of carbonyl (C=O) groups is 3. The van der Waals surface area contributed by atoms with Crippen molar-refractivity contribution in [2.75, 3.05) is 18.5 Å². The first kappa shape index (κ1) is 22.5. The van der Waals surface area contributed by atoms with Gasteiger partial charge in [0.05, 0.1) is 12.2 Å². The minimum Gasteiger partial charge on any atom is -0.490 e. The first-order valence-electron chi connectivity index (χ1n) is 10.3. The molecule has 33 heavy (non-hydrogen) atoms. The van der Waals surface area contributed by atoms with Crippen LogP contribution in [0.1, 0.15) is 33.2 Å². The highest BCUT2D eigenvalue weighted by Gasteiger charge is 2.32. The van der Waals surface area contributed by atoms with Crippen LogP contribution in [-0.4, -0.2) is 30.7 Å². The third kappa shape index (κ3) is 5.04. The van der Waals surface area contributed by atoms with E-state index in [0.29, 0.717) is 40.5 Å². The van der Waals surface area contributed by atoms with E-state index in [1.54, 1.807) is 60.7 Å². The summed E-state index contributed by atoms with van der Waals surface area (Å²) in [6.45, 7) is 2.00. The Kier molecular flexibility index (Phi) is 6.70. The average Bonchev–Trinajstić information content (AvgIpc) is 3.05. The molecular weight excluding hydrogens is 486 g/mol. The van der Waals surface area contributed by atoms with E-state index in [1.807, 2.05) is 19.1 Å². The summed E-state index contributed by atoms with van der Waals surface area (Å²) in [6.07, 6.45) is 1.55. The van der Waals surface area contributed by atoms with E-state index in [2.05, 4.69) is 21.2 Å². The maximum Gasteiger partial charge on any atom is 0.262 e. The van der Waals surface area contributed by atoms with Gasteiger partial charge in [-0.15, -0.1) is 0 Å². The molecule has 0 atom stereocenters. The van der Waals surface area contributed by atoms with Crippen molar-refractivity contribution in [2.24, 2.45) is 0 Å². The monoisotopic (exact) mass is 505 g/mol. The molecule has 0 radical (unpaired) electrons. The molecule has 0 aromatic heterocycles. The number of ketones is 2. The lowest BCUT2D eigenvalue weighted by Crippen LogP contribution is -2.20. The van der Waals surface area contributed by atoms with E-state index in [9.17, 15) is 14.4 Å². The summed E-state index contributed by atoms with van der Waals surface area (Å²) < 4.78 is 12.2. The van der Waals surface area contributed by atoms with Gasteiger partial charge in [0, 0.05) is 21.3 Å². The molecule has 7 heteroatoms. The third-order valence-electron chi connectivity index (χ3n) is 4.97. The Labute approximate surface area is 199 Å². The molecule has 1 aliphatic carbocycles. The molecule has 4 rings (SSSR count). The molecule has 0 aliphatic heterocycles. The molecule has 1 amide bonds. The highest BCUT2D eigenvalue weighted by molar-refractivity contribution is 9.10. The van der Waals surface area contributed by atoms with Gasteiger partial charge in [0.25, 0.3) is 5.91 Å². The fourth-order valence-corrected chi connectivity index (χ4v) is 3.71. The SMILES string of the molecule is CCOc1cc(C=C2C(=O)c3ccccc3C2=O)ccc1OCC(=O)Nc1ccc(Br)cc1. The Morgan fingerprint density at radius 2 is 1.58 bits per heavy atom. The lowest BCUT2D eigenvalue weighted by molar-refractivity contribution is -0.118. The van der Waals surface area contributed by atoms with Crippen LogP contribution in [0.4, 0.5) is 5.69 Å². The smallest absolute Gasteiger partial charge is 0.262 e. The summed E-state index contributed by atoms with van der Waals surface area (Å²) in [4.78, 5) is 37.5. The molecule has 0 saturated heterocycles. The molecule has 0 saturated carbocycles. The summed E-state index contributed by atoms with van der Waals surface area (Å²) >= 11 is 3.35. The molecule has 1 aliphatic rings. The number of anilines is 1. The van der Waals surface area contributed by atoms with Crippen molar-refractivity contribution in [2.45, 2.75) is 6.92 Å². The second kappa shape index (κ2) is 9.83. The third-order valence-corrected chi connectivity index (χ3v) is 5.50. The largest absolute Gasteiger partial charge is 0.490 e. The van der Waals surface area contributed by atoms with E-state index in [4.69, 9.17) is 9.47 Å². The van der Waals surface area contributed by atoms with E-state index < -0.39 is 0 Å². The summed E-state index contributed by atoms with van der Waals surface area (Å²) in [5, 5.41) is 2.76. The Hall–Kier alpha value is -3.71. The number of halogens is 1. The van der Waals surface area contributed by atoms with Crippen LogP contribution in [0.25, 0.3) is 6.08 Å². The number of hydrogen-bond donors (Lipinski definition) is 1. The normalized spacial score (nSPS) is 12.4.